The minimum atomic E-state index is -0.653. The molecule has 0 amide bonds. The second-order valence-corrected chi connectivity index (χ2v) is 9.42. The van der Waals surface area contributed by atoms with Crippen LogP contribution in [-0.2, 0) is 22.4 Å². The maximum Gasteiger partial charge on any atom is 0.187 e. The highest BCUT2D eigenvalue weighted by molar-refractivity contribution is 9.10. The Morgan fingerprint density at radius 2 is 2.00 bits per heavy atom. The largest absolute Gasteiger partial charge is 0.345 e. The lowest BCUT2D eigenvalue weighted by Gasteiger charge is -2.28. The van der Waals surface area contributed by atoms with E-state index >= 15 is 0 Å². The van der Waals surface area contributed by atoms with Crippen LogP contribution in [0, 0.1) is 0 Å². The van der Waals surface area contributed by atoms with Crippen molar-refractivity contribution in [3.63, 3.8) is 0 Å². The number of hydrogen-bond donors (Lipinski definition) is 0. The van der Waals surface area contributed by atoms with Crippen molar-refractivity contribution in [1.29, 1.82) is 0 Å². The Morgan fingerprint density at radius 3 is 2.73 bits per heavy atom. The number of aromatic nitrogens is 2. The van der Waals surface area contributed by atoms with E-state index in [0.29, 0.717) is 13.2 Å². The molecule has 0 N–H and O–H groups in total. The monoisotopic (exact) mass is 528 g/mol. The summed E-state index contributed by atoms with van der Waals surface area (Å²) >= 11 is 11.4. The number of imidazole rings is 1. The van der Waals surface area contributed by atoms with Gasteiger partial charge < -0.3 is 14.0 Å². The zero-order valence-corrected chi connectivity index (χ0v) is 20.2. The van der Waals surface area contributed by atoms with Crippen LogP contribution in [0.5, 0.6) is 0 Å². The fraction of sp³-hybridized carbons (Fsp3) is 0.318. The van der Waals surface area contributed by atoms with Crippen molar-refractivity contribution in [3.8, 4) is 0 Å². The van der Waals surface area contributed by atoms with Gasteiger partial charge in [0.25, 0.3) is 0 Å². The Hall–Kier alpha value is -1.02. The van der Waals surface area contributed by atoms with Crippen LogP contribution in [0.4, 0.5) is 0 Å². The quantitative estimate of drug-likeness (QED) is 0.323. The molecule has 1 aromatic heterocycles. The first-order valence-electron chi connectivity index (χ1n) is 9.51. The summed E-state index contributed by atoms with van der Waals surface area (Å²) in [4.78, 5) is 5.37. The maximum atomic E-state index is 6.50. The highest BCUT2D eigenvalue weighted by atomic mass is 79.9. The van der Waals surface area contributed by atoms with Gasteiger partial charge in [0.1, 0.15) is 0 Å². The molecule has 8 heteroatoms. The molecular formula is C22H23BrCl2N2O2S. The van der Waals surface area contributed by atoms with Crippen LogP contribution in [-0.4, -0.2) is 33.8 Å². The summed E-state index contributed by atoms with van der Waals surface area (Å²) in [7, 11) is 0. The maximum absolute atomic E-state index is 6.50. The summed E-state index contributed by atoms with van der Waals surface area (Å²) in [5.41, 5.74) is 1.22. The molecule has 4 rings (SSSR count). The first kappa shape index (κ1) is 23.6. The average molecular weight is 530 g/mol. The van der Waals surface area contributed by atoms with E-state index < -0.39 is 5.79 Å². The van der Waals surface area contributed by atoms with Crippen LogP contribution >= 0.6 is 51.7 Å². The highest BCUT2D eigenvalue weighted by Crippen LogP contribution is 2.35. The number of halogens is 3. The smallest absolute Gasteiger partial charge is 0.187 e. The third kappa shape index (κ3) is 6.25. The van der Waals surface area contributed by atoms with Gasteiger partial charge in [-0.3, -0.25) is 0 Å². The van der Waals surface area contributed by atoms with Crippen LogP contribution in [0.25, 0.3) is 0 Å². The molecular weight excluding hydrogens is 507 g/mol. The Balaban J connectivity index is 0.00000256. The van der Waals surface area contributed by atoms with Gasteiger partial charge in [0, 0.05) is 39.0 Å². The van der Waals surface area contributed by atoms with Crippen molar-refractivity contribution in [2.24, 2.45) is 0 Å². The minimum Gasteiger partial charge on any atom is -0.345 e. The van der Waals surface area contributed by atoms with Crippen LogP contribution in [0.1, 0.15) is 12.0 Å². The molecule has 2 heterocycles. The lowest BCUT2D eigenvalue weighted by Crippen LogP contribution is -2.37. The summed E-state index contributed by atoms with van der Waals surface area (Å²) < 4.78 is 15.9. The van der Waals surface area contributed by atoms with Gasteiger partial charge in [-0.25, -0.2) is 4.98 Å². The molecule has 160 valence electrons. The molecule has 1 aliphatic rings. The molecule has 1 aliphatic heterocycles. The summed E-state index contributed by atoms with van der Waals surface area (Å²) in [6.07, 6.45) is 7.20. The van der Waals surface area contributed by atoms with Crippen molar-refractivity contribution in [1.82, 2.24) is 9.55 Å². The summed E-state index contributed by atoms with van der Waals surface area (Å²) in [6, 6.07) is 16.2. The molecule has 2 atom stereocenters. The Bertz CT molecular complexity index is 927. The van der Waals surface area contributed by atoms with Crippen LogP contribution in [0.15, 0.2) is 76.6 Å². The molecule has 1 saturated heterocycles. The molecule has 0 radical (unpaired) electrons. The molecule has 0 bridgehead atoms. The predicted octanol–water partition coefficient (Wildman–Crippen LogP) is 6.26. The van der Waals surface area contributed by atoms with Gasteiger partial charge in [-0.2, -0.15) is 0 Å². The number of aryl methyl sites for hydroxylation is 1. The molecule has 4 nitrogen and oxygen atoms in total. The number of nitrogens with zero attached hydrogens (tertiary/aromatic N) is 2. The van der Waals surface area contributed by atoms with Crippen LogP contribution < -0.4 is 0 Å². The molecule has 0 spiro atoms. The SMILES string of the molecule is Cl.Clc1ccc(CC[C@@]2(Cn3ccnc3)OC[C@@H](CSc3ccccc3Br)O2)cc1. The van der Waals surface area contributed by atoms with E-state index in [9.17, 15) is 0 Å². The number of ether oxygens (including phenoxy) is 2. The summed E-state index contributed by atoms with van der Waals surface area (Å²) in [5.74, 6) is 0.189. The Kier molecular flexibility index (Phi) is 8.69. The molecule has 0 saturated carbocycles. The van der Waals surface area contributed by atoms with E-state index in [1.54, 1.807) is 24.3 Å². The second kappa shape index (κ2) is 11.0. The summed E-state index contributed by atoms with van der Waals surface area (Å²) in [5, 5.41) is 0.749. The third-order valence-electron chi connectivity index (χ3n) is 4.87. The van der Waals surface area contributed by atoms with Gasteiger partial charge in [0.05, 0.1) is 25.6 Å². The Labute approximate surface area is 200 Å². The van der Waals surface area contributed by atoms with Gasteiger partial charge in [0.15, 0.2) is 5.79 Å². The normalized spacial score (nSPS) is 20.8. The molecule has 0 unspecified atom stereocenters. The van der Waals surface area contributed by atoms with Crippen molar-refractivity contribution in [3.05, 3.63) is 82.3 Å². The first-order valence-corrected chi connectivity index (χ1v) is 11.7. The molecule has 0 aliphatic carbocycles. The molecule has 1 fully saturated rings. The van der Waals surface area contributed by atoms with E-state index in [-0.39, 0.29) is 18.5 Å². The van der Waals surface area contributed by atoms with Gasteiger partial charge in [-0.05, 0) is 52.2 Å². The van der Waals surface area contributed by atoms with Crippen molar-refractivity contribution in [2.45, 2.75) is 36.2 Å². The molecule has 30 heavy (non-hydrogen) atoms. The van der Waals surface area contributed by atoms with Crippen molar-refractivity contribution in [2.75, 3.05) is 12.4 Å². The fourth-order valence-corrected chi connectivity index (χ4v) is 5.05. The second-order valence-electron chi connectivity index (χ2n) is 7.06. The fourth-order valence-electron chi connectivity index (χ4n) is 3.38. The van der Waals surface area contributed by atoms with E-state index in [2.05, 4.69) is 51.2 Å². The molecule has 3 aromatic rings. The van der Waals surface area contributed by atoms with Crippen LogP contribution in [0.2, 0.25) is 5.02 Å². The topological polar surface area (TPSA) is 36.3 Å². The minimum absolute atomic E-state index is 0. The average Bonchev–Trinajstić information content (AvgIpc) is 3.38. The number of rotatable bonds is 8. The lowest BCUT2D eigenvalue weighted by molar-refractivity contribution is -0.180. The van der Waals surface area contributed by atoms with Gasteiger partial charge >= 0.3 is 0 Å². The van der Waals surface area contributed by atoms with E-state index in [0.717, 1.165) is 28.1 Å². The van der Waals surface area contributed by atoms with Crippen molar-refractivity contribution < 1.29 is 9.47 Å². The third-order valence-corrected chi connectivity index (χ3v) is 7.28. The zero-order valence-electron chi connectivity index (χ0n) is 16.2. The van der Waals surface area contributed by atoms with E-state index in [1.807, 2.05) is 29.0 Å². The number of hydrogen-bond acceptors (Lipinski definition) is 4. The summed E-state index contributed by atoms with van der Waals surface area (Å²) in [6.45, 7) is 1.21. The standard InChI is InChI=1S/C22H22BrClN2O2S.ClH/c23-20-3-1-2-4-21(20)29-14-19-13-27-22(28-19,15-26-12-11-25-16-26)10-9-17-5-7-18(24)8-6-17;/h1-8,11-12,16,19H,9-10,13-15H2;1H/t19-,22+;/m0./s1. The number of benzene rings is 2. The highest BCUT2D eigenvalue weighted by Gasteiger charge is 2.41. The van der Waals surface area contributed by atoms with Gasteiger partial charge in [-0.15, -0.1) is 24.2 Å². The predicted molar refractivity (Wildman–Crippen MR) is 128 cm³/mol. The zero-order chi connectivity index (χ0) is 20.1. The lowest BCUT2D eigenvalue weighted by atomic mass is 10.0. The number of thioether (sulfide) groups is 1. The first-order chi connectivity index (χ1) is 14.1. The van der Waals surface area contributed by atoms with E-state index in [1.165, 1.54) is 10.5 Å². The van der Waals surface area contributed by atoms with Crippen molar-refractivity contribution >= 4 is 51.7 Å². The van der Waals surface area contributed by atoms with Crippen LogP contribution in [0.3, 0.4) is 0 Å². The molecule has 2 aromatic carbocycles. The van der Waals surface area contributed by atoms with Gasteiger partial charge in [-0.1, -0.05) is 35.9 Å². The van der Waals surface area contributed by atoms with E-state index in [4.69, 9.17) is 21.1 Å². The van der Waals surface area contributed by atoms with Gasteiger partial charge in [0.2, 0.25) is 0 Å². The Morgan fingerprint density at radius 1 is 1.20 bits per heavy atom.